The zero-order chi connectivity index (χ0) is 10.7. The summed E-state index contributed by atoms with van der Waals surface area (Å²) in [5.74, 6) is 0. The fourth-order valence-corrected chi connectivity index (χ4v) is 1.41. The van der Waals surface area contributed by atoms with Crippen LogP contribution in [-0.4, -0.2) is 5.38 Å². The van der Waals surface area contributed by atoms with Gasteiger partial charge in [0.1, 0.15) is 0 Å². The van der Waals surface area contributed by atoms with Crippen LogP contribution in [0.4, 0.5) is 0 Å². The van der Waals surface area contributed by atoms with Crippen LogP contribution in [0.15, 0.2) is 23.8 Å². The number of hydrogen-bond donors (Lipinski definition) is 0. The van der Waals surface area contributed by atoms with Crippen molar-refractivity contribution in [1.29, 1.82) is 0 Å². The van der Waals surface area contributed by atoms with Gasteiger partial charge in [-0.3, -0.25) is 0 Å². The van der Waals surface area contributed by atoms with Gasteiger partial charge >= 0.3 is 0 Å². The Morgan fingerprint density at radius 3 is 2.50 bits per heavy atom. The molecule has 1 aromatic carbocycles. The molecule has 14 heavy (non-hydrogen) atoms. The molecule has 0 aliphatic heterocycles. The lowest BCUT2D eigenvalue weighted by molar-refractivity contribution is 1.12. The molecular weight excluding hydrogens is 192 g/mol. The van der Waals surface area contributed by atoms with Crippen molar-refractivity contribution >= 4 is 17.7 Å². The molecule has 1 rings (SSSR count). The number of hydrogen-bond acceptors (Lipinski definition) is 0. The fraction of sp³-hybridized carbons (Fsp3) is 0.385. The van der Waals surface area contributed by atoms with Crippen molar-refractivity contribution in [2.75, 3.05) is 0 Å². The molecule has 0 aromatic heterocycles. The number of benzene rings is 1. The van der Waals surface area contributed by atoms with E-state index in [-0.39, 0.29) is 5.38 Å². The van der Waals surface area contributed by atoms with Crippen molar-refractivity contribution in [2.45, 2.75) is 33.1 Å². The molecule has 0 aliphatic rings. The summed E-state index contributed by atoms with van der Waals surface area (Å²) in [4.78, 5) is 0. The lowest BCUT2D eigenvalue weighted by Crippen LogP contribution is -1.92. The molecule has 1 unspecified atom stereocenters. The van der Waals surface area contributed by atoms with E-state index in [1.54, 1.807) is 0 Å². The van der Waals surface area contributed by atoms with Crippen LogP contribution in [0.25, 0.3) is 6.08 Å². The van der Waals surface area contributed by atoms with E-state index in [4.69, 9.17) is 11.6 Å². The second-order valence-corrected chi connectivity index (χ2v) is 4.52. The van der Waals surface area contributed by atoms with Crippen molar-refractivity contribution in [3.05, 3.63) is 40.5 Å². The van der Waals surface area contributed by atoms with Gasteiger partial charge in [-0.05, 0) is 38.8 Å². The van der Waals surface area contributed by atoms with Crippen molar-refractivity contribution in [1.82, 2.24) is 0 Å². The molecule has 0 heterocycles. The smallest absolute Gasteiger partial charge is 0.0517 e. The topological polar surface area (TPSA) is 0 Å². The van der Waals surface area contributed by atoms with E-state index < -0.39 is 0 Å². The van der Waals surface area contributed by atoms with Gasteiger partial charge in [0.05, 0.1) is 5.38 Å². The molecule has 0 amide bonds. The van der Waals surface area contributed by atoms with Crippen LogP contribution in [0, 0.1) is 13.8 Å². The number of alkyl halides is 1. The van der Waals surface area contributed by atoms with Crippen molar-refractivity contribution in [2.24, 2.45) is 0 Å². The Morgan fingerprint density at radius 1 is 1.36 bits per heavy atom. The normalized spacial score (nSPS) is 14.2. The summed E-state index contributed by atoms with van der Waals surface area (Å²) in [6.45, 7) is 8.30. The highest BCUT2D eigenvalue weighted by Gasteiger charge is 2.00. The van der Waals surface area contributed by atoms with Crippen LogP contribution < -0.4 is 0 Å². The first-order valence-electron chi connectivity index (χ1n) is 4.90. The van der Waals surface area contributed by atoms with Crippen LogP contribution in [0.2, 0.25) is 0 Å². The summed E-state index contributed by atoms with van der Waals surface area (Å²) in [7, 11) is 0. The molecule has 0 aliphatic carbocycles. The molecule has 1 heteroatoms. The van der Waals surface area contributed by atoms with E-state index in [1.165, 1.54) is 22.3 Å². The molecule has 0 saturated heterocycles. The number of halogens is 1. The molecule has 0 radical (unpaired) electrons. The zero-order valence-electron chi connectivity index (χ0n) is 9.26. The highest BCUT2D eigenvalue weighted by molar-refractivity contribution is 6.22. The average molecular weight is 209 g/mol. The first-order chi connectivity index (χ1) is 6.50. The van der Waals surface area contributed by atoms with Gasteiger partial charge in [-0.2, -0.15) is 0 Å². The maximum absolute atomic E-state index is 5.99. The predicted octanol–water partition coefficient (Wildman–Crippen LogP) is 4.33. The zero-order valence-corrected chi connectivity index (χ0v) is 10.0. The third kappa shape index (κ3) is 2.88. The monoisotopic (exact) mass is 208 g/mol. The second kappa shape index (κ2) is 4.65. The molecule has 0 N–H and O–H groups in total. The summed E-state index contributed by atoms with van der Waals surface area (Å²) in [5, 5.41) is 0.107. The SMILES string of the molecule is C/C(=C\c1ccc(C)cc1C)C(C)Cl. The molecule has 1 atom stereocenters. The van der Waals surface area contributed by atoms with Crippen LogP contribution in [0.3, 0.4) is 0 Å². The van der Waals surface area contributed by atoms with E-state index in [2.05, 4.69) is 45.0 Å². The lowest BCUT2D eigenvalue weighted by Gasteiger charge is -2.06. The Bertz CT molecular complexity index is 348. The second-order valence-electron chi connectivity index (χ2n) is 3.86. The lowest BCUT2D eigenvalue weighted by atomic mass is 10.0. The molecule has 0 bridgehead atoms. The summed E-state index contributed by atoms with van der Waals surface area (Å²) < 4.78 is 0. The summed E-state index contributed by atoms with van der Waals surface area (Å²) in [5.41, 5.74) is 5.08. The molecular formula is C13H17Cl. The van der Waals surface area contributed by atoms with E-state index in [0.717, 1.165) is 0 Å². The van der Waals surface area contributed by atoms with Crippen molar-refractivity contribution in [3.63, 3.8) is 0 Å². The molecule has 0 saturated carbocycles. The fourth-order valence-electron chi connectivity index (χ4n) is 1.35. The van der Waals surface area contributed by atoms with Crippen LogP contribution in [0.5, 0.6) is 0 Å². The molecule has 0 fully saturated rings. The van der Waals surface area contributed by atoms with E-state index in [9.17, 15) is 0 Å². The first-order valence-corrected chi connectivity index (χ1v) is 5.34. The summed E-state index contributed by atoms with van der Waals surface area (Å²) in [6.07, 6.45) is 2.16. The highest BCUT2D eigenvalue weighted by atomic mass is 35.5. The van der Waals surface area contributed by atoms with Gasteiger partial charge in [0.15, 0.2) is 0 Å². The molecule has 0 nitrogen and oxygen atoms in total. The van der Waals surface area contributed by atoms with Gasteiger partial charge < -0.3 is 0 Å². The van der Waals surface area contributed by atoms with Gasteiger partial charge in [-0.15, -0.1) is 11.6 Å². The Balaban J connectivity index is 3.03. The number of aryl methyl sites for hydroxylation is 2. The minimum absolute atomic E-state index is 0.107. The third-order valence-electron chi connectivity index (χ3n) is 2.44. The van der Waals surface area contributed by atoms with Gasteiger partial charge in [-0.25, -0.2) is 0 Å². The Labute approximate surface area is 91.6 Å². The van der Waals surface area contributed by atoms with Gasteiger partial charge in [0, 0.05) is 0 Å². The average Bonchev–Trinajstić information content (AvgIpc) is 2.09. The molecule has 1 aromatic rings. The summed E-state index contributed by atoms with van der Waals surface area (Å²) >= 11 is 5.99. The minimum atomic E-state index is 0.107. The van der Waals surface area contributed by atoms with Crippen molar-refractivity contribution in [3.8, 4) is 0 Å². The highest BCUT2D eigenvalue weighted by Crippen LogP contribution is 2.17. The standard InChI is InChI=1S/C13H17Cl/c1-9-5-6-13(11(3)7-9)8-10(2)12(4)14/h5-8,12H,1-4H3/b10-8+. The van der Waals surface area contributed by atoms with Gasteiger partial charge in [0.2, 0.25) is 0 Å². The molecule has 76 valence electrons. The number of allylic oxidation sites excluding steroid dienone is 1. The third-order valence-corrected chi connectivity index (χ3v) is 2.78. The Hall–Kier alpha value is -0.750. The largest absolute Gasteiger partial charge is 0.118 e. The van der Waals surface area contributed by atoms with Crippen LogP contribution in [0.1, 0.15) is 30.5 Å². The van der Waals surface area contributed by atoms with Crippen LogP contribution in [-0.2, 0) is 0 Å². The van der Waals surface area contributed by atoms with Crippen molar-refractivity contribution < 1.29 is 0 Å². The maximum Gasteiger partial charge on any atom is 0.0517 e. The predicted molar refractivity (Wildman–Crippen MR) is 64.9 cm³/mol. The number of rotatable bonds is 2. The maximum atomic E-state index is 5.99. The van der Waals surface area contributed by atoms with E-state index in [1.807, 2.05) is 6.92 Å². The van der Waals surface area contributed by atoms with E-state index in [0.29, 0.717) is 0 Å². The Kier molecular flexibility index (Phi) is 3.77. The Morgan fingerprint density at radius 2 is 2.00 bits per heavy atom. The summed E-state index contributed by atoms with van der Waals surface area (Å²) in [6, 6.07) is 6.47. The van der Waals surface area contributed by atoms with E-state index >= 15 is 0 Å². The van der Waals surface area contributed by atoms with Gasteiger partial charge in [-0.1, -0.05) is 35.4 Å². The van der Waals surface area contributed by atoms with Crippen LogP contribution >= 0.6 is 11.6 Å². The van der Waals surface area contributed by atoms with Gasteiger partial charge in [0.25, 0.3) is 0 Å². The minimum Gasteiger partial charge on any atom is -0.118 e. The quantitative estimate of drug-likeness (QED) is 0.635. The first kappa shape index (κ1) is 11.3. The molecule has 0 spiro atoms.